The zero-order valence-corrected chi connectivity index (χ0v) is 43.4. The highest BCUT2D eigenvalue weighted by Crippen LogP contribution is 2.30. The third kappa shape index (κ3) is 27.7. The summed E-state index contributed by atoms with van der Waals surface area (Å²) in [5.41, 5.74) is 0. The number of aliphatic hydroxyl groups excluding tert-OH is 9. The Morgan fingerprint density at radius 2 is 0.855 bits per heavy atom. The largest absolute Gasteiger partial charge is 0.394 e. The van der Waals surface area contributed by atoms with Gasteiger partial charge in [-0.2, -0.15) is 0 Å². The molecule has 2 heterocycles. The minimum atomic E-state index is -1.80. The van der Waals surface area contributed by atoms with E-state index in [0.717, 1.165) is 38.5 Å². The Bertz CT molecular complexity index is 1190. The van der Waals surface area contributed by atoms with Crippen LogP contribution in [0.5, 0.6) is 0 Å². The molecule has 2 fully saturated rings. The molecule has 13 atom stereocenters. The lowest BCUT2D eigenvalue weighted by molar-refractivity contribution is -0.359. The quantitative estimate of drug-likeness (QED) is 0.0265. The Labute approximate surface area is 417 Å². The molecule has 69 heavy (non-hydrogen) atoms. The average molecular weight is 992 g/mol. The van der Waals surface area contributed by atoms with E-state index in [1.165, 1.54) is 161 Å². The average Bonchev–Trinajstić information content (AvgIpc) is 3.35. The molecule has 15 nitrogen and oxygen atoms in total. The highest BCUT2D eigenvalue weighted by Gasteiger charge is 2.51. The van der Waals surface area contributed by atoms with Gasteiger partial charge in [0.2, 0.25) is 5.91 Å². The Balaban J connectivity index is 1.79. The van der Waals surface area contributed by atoms with Crippen LogP contribution in [0, 0.1) is 0 Å². The van der Waals surface area contributed by atoms with E-state index in [-0.39, 0.29) is 12.3 Å². The maximum atomic E-state index is 13.3. The first-order chi connectivity index (χ1) is 33.5. The third-order valence-electron chi connectivity index (χ3n) is 14.4. The van der Waals surface area contributed by atoms with Crippen LogP contribution in [0.15, 0.2) is 0 Å². The van der Waals surface area contributed by atoms with E-state index in [0.29, 0.717) is 19.3 Å². The third-order valence-corrected chi connectivity index (χ3v) is 14.4. The molecule has 0 aliphatic carbocycles. The fourth-order valence-corrected chi connectivity index (χ4v) is 9.75. The normalized spacial score (nSPS) is 26.5. The van der Waals surface area contributed by atoms with Crippen LogP contribution in [0.4, 0.5) is 0 Å². The Morgan fingerprint density at radius 1 is 0.478 bits per heavy atom. The van der Waals surface area contributed by atoms with Gasteiger partial charge in [-0.15, -0.1) is 0 Å². The second kappa shape index (κ2) is 41.3. The van der Waals surface area contributed by atoms with Gasteiger partial charge in [-0.25, -0.2) is 0 Å². The van der Waals surface area contributed by atoms with Crippen LogP contribution < -0.4 is 5.32 Å². The molecular formula is C54H105NO14. The number of hydrogen-bond acceptors (Lipinski definition) is 14. The Morgan fingerprint density at radius 3 is 1.28 bits per heavy atom. The molecule has 0 spiro atoms. The topological polar surface area (TPSA) is 248 Å². The molecule has 0 radical (unpaired) electrons. The Hall–Kier alpha value is -1.05. The van der Waals surface area contributed by atoms with Gasteiger partial charge in [0.25, 0.3) is 0 Å². The maximum absolute atomic E-state index is 13.3. The van der Waals surface area contributed by atoms with Crippen molar-refractivity contribution in [1.29, 1.82) is 0 Å². The summed E-state index contributed by atoms with van der Waals surface area (Å²) >= 11 is 0. The number of amides is 1. The van der Waals surface area contributed by atoms with Crippen LogP contribution >= 0.6 is 0 Å². The van der Waals surface area contributed by atoms with Crippen molar-refractivity contribution >= 4 is 5.91 Å². The molecule has 15 heteroatoms. The summed E-state index contributed by atoms with van der Waals surface area (Å²) in [6.07, 6.45) is 22.3. The van der Waals surface area contributed by atoms with Crippen molar-refractivity contribution in [2.75, 3.05) is 19.8 Å². The molecule has 0 aromatic heterocycles. The van der Waals surface area contributed by atoms with Crippen molar-refractivity contribution in [1.82, 2.24) is 5.32 Å². The SMILES string of the molecule is CCCCCCCCCCCCCCCCCCCCCCCC(=O)N[C@@H](CO[C@@H]1O[C@H](CO)[C@@H](O[C@H]2O[C@H](CO)[C@@H](O)[C@H](O)[C@@H]2O)[C@H](O)[C@H]1O)[C@H](O)[C@H](O)CCCCCCCCCCCCCC. The minimum absolute atomic E-state index is 0.224. The smallest absolute Gasteiger partial charge is 0.220 e. The second-order valence-electron chi connectivity index (χ2n) is 20.6. The van der Waals surface area contributed by atoms with Crippen molar-refractivity contribution in [3.63, 3.8) is 0 Å². The number of hydrogen-bond donors (Lipinski definition) is 10. The zero-order valence-electron chi connectivity index (χ0n) is 43.4. The highest BCUT2D eigenvalue weighted by atomic mass is 16.7. The summed E-state index contributed by atoms with van der Waals surface area (Å²) in [5.74, 6) is -0.315. The molecule has 0 aromatic carbocycles. The lowest BCUT2D eigenvalue weighted by Crippen LogP contribution is -2.65. The summed E-state index contributed by atoms with van der Waals surface area (Å²) in [6, 6.07) is -1.09. The van der Waals surface area contributed by atoms with Gasteiger partial charge in [-0.05, 0) is 12.8 Å². The molecule has 0 unspecified atom stereocenters. The number of aliphatic hydroxyl groups is 9. The number of rotatable bonds is 45. The Kier molecular flexibility index (Phi) is 38.4. The van der Waals surface area contributed by atoms with Gasteiger partial charge in [0.15, 0.2) is 12.6 Å². The van der Waals surface area contributed by atoms with Crippen molar-refractivity contribution in [3.05, 3.63) is 0 Å². The summed E-state index contributed by atoms with van der Waals surface area (Å²) in [4.78, 5) is 13.3. The van der Waals surface area contributed by atoms with Crippen molar-refractivity contribution in [2.24, 2.45) is 0 Å². The summed E-state index contributed by atoms with van der Waals surface area (Å²) < 4.78 is 22.7. The van der Waals surface area contributed by atoms with Crippen LogP contribution in [-0.4, -0.2) is 151 Å². The number of nitrogens with one attached hydrogen (secondary N) is 1. The maximum Gasteiger partial charge on any atom is 0.220 e. The molecule has 2 aliphatic heterocycles. The van der Waals surface area contributed by atoms with E-state index in [1.54, 1.807) is 0 Å². The van der Waals surface area contributed by atoms with Gasteiger partial charge in [-0.1, -0.05) is 219 Å². The fraction of sp³-hybridized carbons (Fsp3) is 0.981. The lowest BCUT2D eigenvalue weighted by atomic mass is 9.97. The van der Waals surface area contributed by atoms with Crippen LogP contribution in [-0.2, 0) is 23.7 Å². The fourth-order valence-electron chi connectivity index (χ4n) is 9.75. The predicted octanol–water partition coefficient (Wildman–Crippen LogP) is 7.53. The molecular weight excluding hydrogens is 887 g/mol. The van der Waals surface area contributed by atoms with E-state index in [1.807, 2.05) is 0 Å². The van der Waals surface area contributed by atoms with Gasteiger partial charge in [0.05, 0.1) is 32.0 Å². The van der Waals surface area contributed by atoms with E-state index >= 15 is 0 Å². The van der Waals surface area contributed by atoms with Gasteiger partial charge in [-0.3, -0.25) is 4.79 Å². The van der Waals surface area contributed by atoms with Crippen molar-refractivity contribution in [3.8, 4) is 0 Å². The predicted molar refractivity (Wildman–Crippen MR) is 269 cm³/mol. The molecule has 2 aliphatic rings. The minimum Gasteiger partial charge on any atom is -0.394 e. The van der Waals surface area contributed by atoms with Crippen molar-refractivity contribution < 1.29 is 69.7 Å². The van der Waals surface area contributed by atoms with Crippen molar-refractivity contribution in [2.45, 2.75) is 318 Å². The monoisotopic (exact) mass is 992 g/mol. The molecule has 0 bridgehead atoms. The zero-order chi connectivity index (χ0) is 50.5. The molecule has 0 saturated carbocycles. The van der Waals surface area contributed by atoms with Gasteiger partial charge in [0, 0.05) is 6.42 Å². The summed E-state index contributed by atoms with van der Waals surface area (Å²) in [5, 5.41) is 98.0. The van der Waals surface area contributed by atoms with Crippen LogP contribution in [0.2, 0.25) is 0 Å². The first kappa shape index (κ1) is 64.1. The summed E-state index contributed by atoms with van der Waals surface area (Å²) in [7, 11) is 0. The van der Waals surface area contributed by atoms with E-state index in [2.05, 4.69) is 19.2 Å². The number of carbonyl (C=O) groups excluding carboxylic acids is 1. The van der Waals surface area contributed by atoms with Crippen LogP contribution in [0.1, 0.15) is 239 Å². The molecule has 2 saturated heterocycles. The summed E-state index contributed by atoms with van der Waals surface area (Å²) in [6.45, 7) is 2.63. The molecule has 2 rings (SSSR count). The number of carbonyl (C=O) groups is 1. The van der Waals surface area contributed by atoms with Gasteiger partial charge in [0.1, 0.15) is 54.9 Å². The first-order valence-electron chi connectivity index (χ1n) is 28.4. The van der Waals surface area contributed by atoms with Gasteiger partial charge < -0.3 is 70.2 Å². The van der Waals surface area contributed by atoms with Crippen LogP contribution in [0.3, 0.4) is 0 Å². The highest BCUT2D eigenvalue weighted by molar-refractivity contribution is 5.76. The van der Waals surface area contributed by atoms with E-state index < -0.39 is 99.5 Å². The first-order valence-corrected chi connectivity index (χ1v) is 28.4. The lowest BCUT2D eigenvalue weighted by Gasteiger charge is -2.46. The number of unbranched alkanes of at least 4 members (excludes halogenated alkanes) is 31. The molecule has 10 N–H and O–H groups in total. The van der Waals surface area contributed by atoms with E-state index in [4.69, 9.17) is 18.9 Å². The number of ether oxygens (including phenoxy) is 4. The van der Waals surface area contributed by atoms with Crippen LogP contribution in [0.25, 0.3) is 0 Å². The standard InChI is InChI=1S/C54H105NO14/c1-3-5-7-9-11-13-15-17-18-19-20-21-22-23-24-25-27-29-31-33-35-37-45(59)55-41(46(60)42(58)36-34-32-30-28-26-16-14-12-10-8-6-4-2)40-66-53-51(65)49(63)52(44(39-57)68-53)69-54-50(64)48(62)47(61)43(38-56)67-54/h41-44,46-54,56-58,60-65H,3-40H2,1-2H3,(H,55,59)/t41-,42+,43+,44+,46-,47+,48-,49+,50-,51+,52+,53+,54+/m0/s1. The second-order valence-corrected chi connectivity index (χ2v) is 20.6. The molecule has 1 amide bonds. The molecule has 0 aromatic rings. The molecule has 410 valence electrons. The van der Waals surface area contributed by atoms with Gasteiger partial charge >= 0.3 is 0 Å². The van der Waals surface area contributed by atoms with E-state index in [9.17, 15) is 50.8 Å².